The summed E-state index contributed by atoms with van der Waals surface area (Å²) in [5, 5.41) is 0. The molecule has 1 unspecified atom stereocenters. The van der Waals surface area contributed by atoms with E-state index in [0.29, 0.717) is 18.9 Å². The van der Waals surface area contributed by atoms with Crippen LogP contribution in [0.15, 0.2) is 0 Å². The number of hydrogen-bond donors (Lipinski definition) is 1. The average molecular weight is 228 g/mol. The maximum Gasteiger partial charge on any atom is 0.239 e. The topological polar surface area (TPSA) is 55.6 Å². The van der Waals surface area contributed by atoms with E-state index in [2.05, 4.69) is 0 Å². The Morgan fingerprint density at radius 3 is 2.75 bits per heavy atom. The zero-order valence-electron chi connectivity index (χ0n) is 10.4. The number of ether oxygens (including phenoxy) is 1. The Balaban J connectivity index is 2.19. The van der Waals surface area contributed by atoms with Crippen LogP contribution < -0.4 is 5.73 Å². The van der Waals surface area contributed by atoms with E-state index in [4.69, 9.17) is 10.5 Å². The fraction of sp³-hybridized carbons (Fsp3) is 0.917. The normalized spacial score (nSPS) is 17.9. The van der Waals surface area contributed by atoms with Crippen LogP contribution in [0.25, 0.3) is 0 Å². The van der Waals surface area contributed by atoms with Crippen LogP contribution in [0.5, 0.6) is 0 Å². The van der Waals surface area contributed by atoms with Crippen molar-refractivity contribution in [2.24, 2.45) is 11.7 Å². The van der Waals surface area contributed by atoms with Gasteiger partial charge in [0.15, 0.2) is 0 Å². The molecule has 1 amide bonds. The minimum atomic E-state index is -0.361. The number of nitrogens with two attached hydrogens (primary N) is 1. The smallest absolute Gasteiger partial charge is 0.239 e. The van der Waals surface area contributed by atoms with Gasteiger partial charge in [-0.05, 0) is 31.6 Å². The Labute approximate surface area is 98.1 Å². The van der Waals surface area contributed by atoms with Gasteiger partial charge in [-0.25, -0.2) is 0 Å². The molecule has 1 saturated carbocycles. The van der Waals surface area contributed by atoms with Gasteiger partial charge < -0.3 is 15.4 Å². The largest absolute Gasteiger partial charge is 0.385 e. The third-order valence-electron chi connectivity index (χ3n) is 3.31. The second kappa shape index (κ2) is 6.86. The van der Waals surface area contributed by atoms with Gasteiger partial charge in [0.2, 0.25) is 5.91 Å². The Bertz CT molecular complexity index is 217. The summed E-state index contributed by atoms with van der Waals surface area (Å²) in [6.07, 6.45) is 5.39. The number of nitrogens with zero attached hydrogens (tertiary/aromatic N) is 1. The lowest BCUT2D eigenvalue weighted by molar-refractivity contribution is -0.132. The van der Waals surface area contributed by atoms with Gasteiger partial charge in [0.05, 0.1) is 6.04 Å². The number of rotatable bonds is 7. The number of amides is 1. The quantitative estimate of drug-likeness (QED) is 0.661. The van der Waals surface area contributed by atoms with Crippen molar-refractivity contribution >= 4 is 5.91 Å². The van der Waals surface area contributed by atoms with Crippen LogP contribution in [0, 0.1) is 5.92 Å². The third-order valence-corrected chi connectivity index (χ3v) is 3.31. The molecule has 0 aromatic rings. The van der Waals surface area contributed by atoms with Crippen LogP contribution in [0.2, 0.25) is 0 Å². The second-order valence-electron chi connectivity index (χ2n) is 4.76. The molecule has 1 aliphatic carbocycles. The van der Waals surface area contributed by atoms with Gasteiger partial charge in [0.1, 0.15) is 0 Å². The van der Waals surface area contributed by atoms with Gasteiger partial charge in [0, 0.05) is 27.3 Å². The Morgan fingerprint density at radius 2 is 2.25 bits per heavy atom. The highest BCUT2D eigenvalue weighted by Crippen LogP contribution is 2.26. The summed E-state index contributed by atoms with van der Waals surface area (Å²) in [5.74, 6) is 0.781. The monoisotopic (exact) mass is 228 g/mol. The summed E-state index contributed by atoms with van der Waals surface area (Å²) in [4.78, 5) is 13.7. The molecule has 16 heavy (non-hydrogen) atoms. The maximum atomic E-state index is 11.9. The first-order chi connectivity index (χ1) is 7.65. The lowest BCUT2D eigenvalue weighted by Crippen LogP contribution is -2.44. The molecule has 1 atom stereocenters. The molecule has 0 aromatic heterocycles. The molecule has 1 rings (SSSR count). The Hall–Kier alpha value is -0.610. The summed E-state index contributed by atoms with van der Waals surface area (Å²) in [5.41, 5.74) is 5.85. The maximum absolute atomic E-state index is 11.9. The lowest BCUT2D eigenvalue weighted by atomic mass is 9.85. The van der Waals surface area contributed by atoms with Crippen LogP contribution in [-0.2, 0) is 9.53 Å². The molecule has 0 bridgehead atoms. The molecule has 0 saturated heterocycles. The van der Waals surface area contributed by atoms with Gasteiger partial charge in [0.25, 0.3) is 0 Å². The van der Waals surface area contributed by atoms with Crippen molar-refractivity contribution in [2.45, 2.75) is 38.1 Å². The van der Waals surface area contributed by atoms with Gasteiger partial charge in [-0.2, -0.15) is 0 Å². The molecule has 1 aliphatic rings. The minimum absolute atomic E-state index is 0.0722. The van der Waals surface area contributed by atoms with Crippen LogP contribution >= 0.6 is 0 Å². The summed E-state index contributed by atoms with van der Waals surface area (Å²) in [7, 11) is 3.52. The summed E-state index contributed by atoms with van der Waals surface area (Å²) >= 11 is 0. The van der Waals surface area contributed by atoms with Crippen molar-refractivity contribution in [3.8, 4) is 0 Å². The highest BCUT2D eigenvalue weighted by Gasteiger charge is 2.23. The summed E-state index contributed by atoms with van der Waals surface area (Å²) in [6, 6.07) is -0.361. The predicted molar refractivity (Wildman–Crippen MR) is 64.1 cm³/mol. The standard InChI is InChI=1S/C12H24N2O2/c1-14(9-10-5-3-6-10)12(15)11(13)7-4-8-16-2/h10-11H,3-9,13H2,1-2H3. The van der Waals surface area contributed by atoms with Gasteiger partial charge in [-0.3, -0.25) is 4.79 Å². The van der Waals surface area contributed by atoms with E-state index < -0.39 is 0 Å². The van der Waals surface area contributed by atoms with E-state index in [9.17, 15) is 4.79 Å². The van der Waals surface area contributed by atoms with Crippen LogP contribution in [0.4, 0.5) is 0 Å². The number of hydrogen-bond acceptors (Lipinski definition) is 3. The van der Waals surface area contributed by atoms with E-state index in [0.717, 1.165) is 13.0 Å². The number of likely N-dealkylation sites (N-methyl/N-ethyl adjacent to an activating group) is 1. The van der Waals surface area contributed by atoms with E-state index in [1.807, 2.05) is 7.05 Å². The molecule has 1 fully saturated rings. The molecular formula is C12H24N2O2. The van der Waals surface area contributed by atoms with Crippen molar-refractivity contribution in [1.29, 1.82) is 0 Å². The van der Waals surface area contributed by atoms with E-state index in [1.54, 1.807) is 12.0 Å². The molecule has 2 N–H and O–H groups in total. The predicted octanol–water partition coefficient (Wildman–Crippen LogP) is 0.999. The molecule has 4 heteroatoms. The fourth-order valence-electron chi connectivity index (χ4n) is 2.01. The lowest BCUT2D eigenvalue weighted by Gasteiger charge is -2.31. The van der Waals surface area contributed by atoms with E-state index >= 15 is 0 Å². The van der Waals surface area contributed by atoms with Crippen molar-refractivity contribution in [1.82, 2.24) is 4.90 Å². The van der Waals surface area contributed by atoms with Gasteiger partial charge >= 0.3 is 0 Å². The first-order valence-corrected chi connectivity index (χ1v) is 6.14. The number of methoxy groups -OCH3 is 1. The molecule has 0 aliphatic heterocycles. The molecule has 94 valence electrons. The number of carbonyl (C=O) groups is 1. The first-order valence-electron chi connectivity index (χ1n) is 6.14. The van der Waals surface area contributed by atoms with Gasteiger partial charge in [-0.15, -0.1) is 0 Å². The van der Waals surface area contributed by atoms with E-state index in [1.165, 1.54) is 19.3 Å². The van der Waals surface area contributed by atoms with Crippen molar-refractivity contribution < 1.29 is 9.53 Å². The summed E-state index contributed by atoms with van der Waals surface area (Å²) in [6.45, 7) is 1.55. The van der Waals surface area contributed by atoms with Crippen LogP contribution in [0.1, 0.15) is 32.1 Å². The van der Waals surface area contributed by atoms with Gasteiger partial charge in [-0.1, -0.05) is 6.42 Å². The fourth-order valence-corrected chi connectivity index (χ4v) is 2.01. The zero-order valence-corrected chi connectivity index (χ0v) is 10.4. The molecular weight excluding hydrogens is 204 g/mol. The molecule has 0 aromatic carbocycles. The highest BCUT2D eigenvalue weighted by atomic mass is 16.5. The molecule has 0 spiro atoms. The van der Waals surface area contributed by atoms with E-state index in [-0.39, 0.29) is 11.9 Å². The zero-order chi connectivity index (χ0) is 12.0. The first kappa shape index (κ1) is 13.5. The molecule has 0 heterocycles. The SMILES string of the molecule is COCCCC(N)C(=O)N(C)CC1CCC1. The minimum Gasteiger partial charge on any atom is -0.385 e. The Morgan fingerprint density at radius 1 is 1.56 bits per heavy atom. The van der Waals surface area contributed by atoms with Crippen LogP contribution in [-0.4, -0.2) is 44.2 Å². The van der Waals surface area contributed by atoms with Crippen molar-refractivity contribution in [2.75, 3.05) is 27.3 Å². The molecule has 0 radical (unpaired) electrons. The van der Waals surface area contributed by atoms with Crippen molar-refractivity contribution in [3.63, 3.8) is 0 Å². The highest BCUT2D eigenvalue weighted by molar-refractivity contribution is 5.81. The number of carbonyl (C=O) groups excluding carboxylic acids is 1. The summed E-state index contributed by atoms with van der Waals surface area (Å²) < 4.78 is 4.94. The van der Waals surface area contributed by atoms with Crippen LogP contribution in [0.3, 0.4) is 0 Å². The third kappa shape index (κ3) is 4.10. The molecule has 4 nitrogen and oxygen atoms in total. The Kier molecular flexibility index (Phi) is 5.77. The second-order valence-corrected chi connectivity index (χ2v) is 4.76. The average Bonchev–Trinajstić information content (AvgIpc) is 2.22. The van der Waals surface area contributed by atoms with Crippen molar-refractivity contribution in [3.05, 3.63) is 0 Å².